The van der Waals surface area contributed by atoms with E-state index in [-0.39, 0.29) is 11.9 Å². The Labute approximate surface area is 441 Å². The van der Waals surface area contributed by atoms with Crippen molar-refractivity contribution in [2.75, 3.05) is 72.3 Å². The van der Waals surface area contributed by atoms with Crippen LogP contribution in [0.3, 0.4) is 0 Å². The van der Waals surface area contributed by atoms with Crippen molar-refractivity contribution in [1.29, 1.82) is 0 Å². The highest BCUT2D eigenvalue weighted by molar-refractivity contribution is 9.10. The highest BCUT2D eigenvalue weighted by Gasteiger charge is 2.25. The Morgan fingerprint density at radius 1 is 0.403 bits per heavy atom. The fourth-order valence-corrected chi connectivity index (χ4v) is 9.68. The maximum absolute atomic E-state index is 6.84. The summed E-state index contributed by atoms with van der Waals surface area (Å²) in [6.45, 7) is 16.3. The van der Waals surface area contributed by atoms with E-state index in [1.807, 2.05) is 0 Å². The van der Waals surface area contributed by atoms with Crippen LogP contribution < -0.4 is 51.7 Å². The predicted octanol–water partition coefficient (Wildman–Crippen LogP) is 12.5. The number of rotatable bonds is 24. The van der Waals surface area contributed by atoms with Gasteiger partial charge in [-0.05, 0) is 87.1 Å². The summed E-state index contributed by atoms with van der Waals surface area (Å²) in [5.41, 5.74) is 21.9. The molecule has 6 aromatic rings. The Bertz CT molecular complexity index is 2500. The van der Waals surface area contributed by atoms with Crippen LogP contribution >= 0.6 is 31.9 Å². The fourth-order valence-electron chi connectivity index (χ4n) is 8.57. The molecule has 2 aromatic heterocycles. The zero-order valence-corrected chi connectivity index (χ0v) is 45.7. The van der Waals surface area contributed by atoms with Gasteiger partial charge in [0, 0.05) is 104 Å². The number of anilines is 8. The SMILES string of the molecule is CCCCNc1nc(N)nc(Nc2cc3c(OCCC)c(c2)Cc2cc(Br)cc(c2OCCC)Cc2cc(Nc4nc(N)nc(NCCCC)n4)cc(c2OCCC)Cc2cc(Br)cc(c2OCCC)C3)n1. The van der Waals surface area contributed by atoms with Crippen LogP contribution in [0.25, 0.3) is 0 Å². The first-order valence-electron chi connectivity index (χ1n) is 25.5. The van der Waals surface area contributed by atoms with E-state index in [9.17, 15) is 0 Å². The molecule has 8 N–H and O–H groups in total. The van der Waals surface area contributed by atoms with Crippen molar-refractivity contribution in [3.05, 3.63) is 102 Å². The van der Waals surface area contributed by atoms with Crippen LogP contribution in [-0.4, -0.2) is 69.4 Å². The first-order chi connectivity index (χ1) is 35.0. The second kappa shape index (κ2) is 26.5. The largest absolute Gasteiger partial charge is 0.493 e. The molecule has 2 heterocycles. The Hall–Kier alpha value is -6.14. The van der Waals surface area contributed by atoms with Crippen LogP contribution in [0.4, 0.5) is 47.1 Å². The van der Waals surface area contributed by atoms with Gasteiger partial charge in [0.05, 0.1) is 26.4 Å². The van der Waals surface area contributed by atoms with Crippen LogP contribution in [0.1, 0.15) is 137 Å². The van der Waals surface area contributed by atoms with Crippen molar-refractivity contribution in [2.24, 2.45) is 0 Å². The quantitative estimate of drug-likeness (QED) is 0.0310. The third kappa shape index (κ3) is 14.5. The summed E-state index contributed by atoms with van der Waals surface area (Å²) in [4.78, 5) is 27.2. The Kier molecular flexibility index (Phi) is 19.8. The molecule has 0 fully saturated rings. The maximum atomic E-state index is 6.84. The van der Waals surface area contributed by atoms with Gasteiger partial charge in [0.25, 0.3) is 0 Å². The number of fused-ring (bicyclic) bond motifs is 8. The number of halogens is 2. The zero-order chi connectivity index (χ0) is 51.0. The monoisotopic (exact) mass is 1110 g/mol. The standard InChI is InChI=1S/C54H70Br2N12O4/c1-7-13-15-59-51-63-49(57)65-53(67-51)61-43-29-37-21-33-25-41(55)27-35(45(33)69-17-9-3)23-39-31-44(62-54-66-50(58)64-52(68-54)60-16-14-8-2)32-40(48(39)72-20-12-6)24-36-28-42(56)26-34(46(36)70-18-10-4)22-38(30-43)47(37)71-19-11-5/h25-32H,7-24H2,1-6H3,(H4,57,59,61,63,65,67)(H4,58,60,62,64,66,68). The minimum Gasteiger partial charge on any atom is -0.493 e. The smallest absolute Gasteiger partial charge is 0.233 e. The van der Waals surface area contributed by atoms with E-state index in [0.29, 0.717) is 75.9 Å². The summed E-state index contributed by atoms with van der Waals surface area (Å²) in [7, 11) is 0. The predicted molar refractivity (Wildman–Crippen MR) is 297 cm³/mol. The first-order valence-corrected chi connectivity index (χ1v) is 27.1. The van der Waals surface area contributed by atoms with Crippen molar-refractivity contribution in [1.82, 2.24) is 29.9 Å². The maximum Gasteiger partial charge on any atom is 0.233 e. The lowest BCUT2D eigenvalue weighted by Gasteiger charge is -2.24. The topological polar surface area (TPSA) is 214 Å². The second-order valence-electron chi connectivity index (χ2n) is 17.9. The lowest BCUT2D eigenvalue weighted by atomic mass is 9.90. The molecule has 8 bridgehead atoms. The molecular weight excluding hydrogens is 1040 g/mol. The number of nitrogen functional groups attached to an aromatic ring is 2. The number of hydrogen-bond acceptors (Lipinski definition) is 16. The summed E-state index contributed by atoms with van der Waals surface area (Å²) in [5.74, 6) is 4.94. The minimum atomic E-state index is 0.116. The zero-order valence-electron chi connectivity index (χ0n) is 42.6. The molecule has 0 aliphatic heterocycles. The number of nitrogens with two attached hydrogens (primary N) is 2. The van der Waals surface area contributed by atoms with E-state index < -0.39 is 0 Å². The van der Waals surface area contributed by atoms with Gasteiger partial charge < -0.3 is 51.7 Å². The minimum absolute atomic E-state index is 0.116. The molecule has 18 heteroatoms. The van der Waals surface area contributed by atoms with Crippen LogP contribution in [0.2, 0.25) is 0 Å². The molecular formula is C54H70Br2N12O4. The van der Waals surface area contributed by atoms with Crippen LogP contribution in [0.5, 0.6) is 23.0 Å². The summed E-state index contributed by atoms with van der Waals surface area (Å²) >= 11 is 7.87. The molecule has 0 atom stereocenters. The summed E-state index contributed by atoms with van der Waals surface area (Å²) < 4.78 is 29.2. The van der Waals surface area contributed by atoms with Gasteiger partial charge in [-0.3, -0.25) is 0 Å². The highest BCUT2D eigenvalue weighted by atomic mass is 79.9. The molecule has 384 valence electrons. The highest BCUT2D eigenvalue weighted by Crippen LogP contribution is 2.43. The Morgan fingerprint density at radius 2 is 0.681 bits per heavy atom. The van der Waals surface area contributed by atoms with Gasteiger partial charge in [0.1, 0.15) is 23.0 Å². The van der Waals surface area contributed by atoms with E-state index >= 15 is 0 Å². The number of nitrogens with zero attached hydrogens (tertiary/aromatic N) is 6. The molecule has 0 amide bonds. The summed E-state index contributed by atoms with van der Waals surface area (Å²) in [6, 6.07) is 17.0. The van der Waals surface area contributed by atoms with Crippen molar-refractivity contribution in [3.63, 3.8) is 0 Å². The number of benzene rings is 4. The summed E-state index contributed by atoms with van der Waals surface area (Å²) in [6.07, 6.45) is 9.18. The van der Waals surface area contributed by atoms with Gasteiger partial charge in [0.15, 0.2) is 0 Å². The normalized spacial score (nSPS) is 12.0. The van der Waals surface area contributed by atoms with E-state index in [2.05, 4.69) is 163 Å². The van der Waals surface area contributed by atoms with Crippen molar-refractivity contribution in [2.45, 2.75) is 119 Å². The number of nitrogens with one attached hydrogen (secondary N) is 4. The molecule has 1 aliphatic rings. The molecule has 0 spiro atoms. The van der Waals surface area contributed by atoms with Crippen molar-refractivity contribution >= 4 is 78.9 Å². The first kappa shape index (κ1) is 53.7. The average molecular weight is 1110 g/mol. The van der Waals surface area contributed by atoms with E-state index in [0.717, 1.165) is 152 Å². The molecule has 16 nitrogen and oxygen atoms in total. The molecule has 1 aliphatic carbocycles. The third-order valence-corrected chi connectivity index (χ3v) is 12.6. The van der Waals surface area contributed by atoms with Crippen molar-refractivity contribution < 1.29 is 18.9 Å². The number of aromatic nitrogens is 6. The van der Waals surface area contributed by atoms with Gasteiger partial charge in [-0.25, -0.2) is 0 Å². The van der Waals surface area contributed by atoms with Gasteiger partial charge in [-0.1, -0.05) is 86.2 Å². The molecule has 0 saturated heterocycles. The molecule has 4 aromatic carbocycles. The average Bonchev–Trinajstić information content (AvgIpc) is 3.32. The van der Waals surface area contributed by atoms with Crippen LogP contribution in [-0.2, 0) is 25.7 Å². The third-order valence-electron chi connectivity index (χ3n) is 11.7. The van der Waals surface area contributed by atoms with Crippen molar-refractivity contribution in [3.8, 4) is 23.0 Å². The Morgan fingerprint density at radius 3 is 0.958 bits per heavy atom. The second-order valence-corrected chi connectivity index (χ2v) is 19.8. The van der Waals surface area contributed by atoms with Crippen LogP contribution in [0.15, 0.2) is 57.5 Å². The number of hydrogen-bond donors (Lipinski definition) is 6. The van der Waals surface area contributed by atoms with E-state index in [1.54, 1.807) is 0 Å². The molecule has 0 unspecified atom stereocenters. The molecule has 7 rings (SSSR count). The van der Waals surface area contributed by atoms with E-state index in [1.165, 1.54) is 0 Å². The lowest BCUT2D eigenvalue weighted by Crippen LogP contribution is -2.12. The lowest BCUT2D eigenvalue weighted by molar-refractivity contribution is 0.304. The van der Waals surface area contributed by atoms with Crippen LogP contribution in [0, 0.1) is 0 Å². The number of ether oxygens (including phenoxy) is 4. The molecule has 0 radical (unpaired) electrons. The Balaban J connectivity index is 1.47. The van der Waals surface area contributed by atoms with Gasteiger partial charge >= 0.3 is 0 Å². The number of unbranched alkanes of at least 4 members (excludes halogenated alkanes) is 2. The fraction of sp³-hybridized carbons (Fsp3) is 0.444. The van der Waals surface area contributed by atoms with Gasteiger partial charge in [0.2, 0.25) is 35.7 Å². The molecule has 72 heavy (non-hydrogen) atoms. The van der Waals surface area contributed by atoms with Gasteiger partial charge in [-0.2, -0.15) is 29.9 Å². The summed E-state index contributed by atoms with van der Waals surface area (Å²) in [5, 5.41) is 13.6. The van der Waals surface area contributed by atoms with E-state index in [4.69, 9.17) is 40.4 Å². The molecule has 0 saturated carbocycles. The van der Waals surface area contributed by atoms with Gasteiger partial charge in [-0.15, -0.1) is 0 Å².